The van der Waals surface area contributed by atoms with E-state index in [9.17, 15) is 9.59 Å². The van der Waals surface area contributed by atoms with Crippen LogP contribution in [0.5, 0.6) is 0 Å². The number of rotatable bonds is 5. The summed E-state index contributed by atoms with van der Waals surface area (Å²) in [6.07, 6.45) is 5.17. The van der Waals surface area contributed by atoms with Gasteiger partial charge in [-0.05, 0) is 30.4 Å². The lowest BCUT2D eigenvalue weighted by molar-refractivity contribution is -0.128. The monoisotopic (exact) mass is 315 g/mol. The van der Waals surface area contributed by atoms with Crippen molar-refractivity contribution in [2.45, 2.75) is 57.2 Å². The summed E-state index contributed by atoms with van der Waals surface area (Å²) in [5.41, 5.74) is 7.65. The van der Waals surface area contributed by atoms with Crippen LogP contribution in [0, 0.1) is 0 Å². The number of nitrogens with one attached hydrogen (secondary N) is 1. The molecule has 5 heteroatoms. The Bertz CT molecular complexity index is 594. The smallest absolute Gasteiger partial charge is 0.240 e. The molecular formula is C18H25N3O2. The molecule has 5 nitrogen and oxygen atoms in total. The quantitative estimate of drug-likeness (QED) is 0.868. The molecule has 1 aromatic rings. The van der Waals surface area contributed by atoms with Gasteiger partial charge < -0.3 is 16.0 Å². The minimum atomic E-state index is -0.695. The van der Waals surface area contributed by atoms with Gasteiger partial charge in [0.05, 0.1) is 5.54 Å². The van der Waals surface area contributed by atoms with Crippen molar-refractivity contribution in [2.24, 2.45) is 5.73 Å². The van der Waals surface area contributed by atoms with E-state index in [1.165, 1.54) is 0 Å². The molecule has 124 valence electrons. The van der Waals surface area contributed by atoms with Gasteiger partial charge in [0.25, 0.3) is 0 Å². The first kappa shape index (κ1) is 16.0. The van der Waals surface area contributed by atoms with E-state index in [1.807, 2.05) is 29.2 Å². The van der Waals surface area contributed by atoms with Crippen LogP contribution in [0.3, 0.4) is 0 Å². The topological polar surface area (TPSA) is 75.4 Å². The molecule has 1 aliphatic heterocycles. The molecule has 3 rings (SSSR count). The number of amides is 2. The number of carbonyl (C=O) groups excluding carboxylic acids is 2. The summed E-state index contributed by atoms with van der Waals surface area (Å²) in [7, 11) is 0. The van der Waals surface area contributed by atoms with Crippen LogP contribution in [0.1, 0.15) is 49.7 Å². The van der Waals surface area contributed by atoms with E-state index in [-0.39, 0.29) is 11.8 Å². The highest BCUT2D eigenvalue weighted by atomic mass is 16.2. The van der Waals surface area contributed by atoms with Crippen molar-refractivity contribution in [3.63, 3.8) is 0 Å². The summed E-state index contributed by atoms with van der Waals surface area (Å²) < 4.78 is 0. The van der Waals surface area contributed by atoms with E-state index in [2.05, 4.69) is 5.32 Å². The second-order valence-corrected chi connectivity index (χ2v) is 6.73. The number of hydrogen-bond acceptors (Lipinski definition) is 3. The number of nitrogens with zero attached hydrogens (tertiary/aromatic N) is 1. The molecule has 1 saturated heterocycles. The fraction of sp³-hybridized carbons (Fsp3) is 0.556. The van der Waals surface area contributed by atoms with Crippen molar-refractivity contribution in [1.82, 2.24) is 10.2 Å². The molecule has 0 aromatic heterocycles. The molecule has 1 heterocycles. The number of nitrogens with two attached hydrogens (primary N) is 1. The highest BCUT2D eigenvalue weighted by molar-refractivity contribution is 5.86. The summed E-state index contributed by atoms with van der Waals surface area (Å²) in [4.78, 5) is 26.1. The van der Waals surface area contributed by atoms with Crippen LogP contribution >= 0.6 is 0 Å². The standard InChI is InChI=1S/C18H25N3O2/c19-18(9-3-4-10-18)17(23)20-12-14-6-1-2-7-15(14)13-21-11-5-8-16(21)22/h1-2,6-7H,3-5,8-13,19H2,(H,20,23). The highest BCUT2D eigenvalue weighted by Gasteiger charge is 2.36. The normalized spacial score (nSPS) is 20.0. The minimum absolute atomic E-state index is 0.0537. The first-order valence-electron chi connectivity index (χ1n) is 8.50. The van der Waals surface area contributed by atoms with Gasteiger partial charge in [-0.3, -0.25) is 9.59 Å². The average molecular weight is 315 g/mol. The number of likely N-dealkylation sites (tertiary alicyclic amines) is 1. The van der Waals surface area contributed by atoms with Gasteiger partial charge in [-0.15, -0.1) is 0 Å². The van der Waals surface area contributed by atoms with Gasteiger partial charge in [-0.2, -0.15) is 0 Å². The van der Waals surface area contributed by atoms with Gasteiger partial charge in [0.15, 0.2) is 0 Å². The zero-order chi connectivity index (χ0) is 16.3. The third kappa shape index (κ3) is 3.55. The lowest BCUT2D eigenvalue weighted by Crippen LogP contribution is -2.51. The van der Waals surface area contributed by atoms with Gasteiger partial charge >= 0.3 is 0 Å². The number of hydrogen-bond donors (Lipinski definition) is 2. The minimum Gasteiger partial charge on any atom is -0.350 e. The average Bonchev–Trinajstić information content (AvgIpc) is 3.16. The van der Waals surface area contributed by atoms with Gasteiger partial charge in [-0.25, -0.2) is 0 Å². The van der Waals surface area contributed by atoms with Crippen molar-refractivity contribution in [3.8, 4) is 0 Å². The highest BCUT2D eigenvalue weighted by Crippen LogP contribution is 2.27. The van der Waals surface area contributed by atoms with E-state index in [0.717, 1.165) is 49.8 Å². The fourth-order valence-electron chi connectivity index (χ4n) is 3.55. The molecule has 2 amide bonds. The summed E-state index contributed by atoms with van der Waals surface area (Å²) in [6.45, 7) is 1.92. The van der Waals surface area contributed by atoms with Crippen molar-refractivity contribution in [2.75, 3.05) is 6.54 Å². The predicted octanol–water partition coefficient (Wildman–Crippen LogP) is 1.70. The van der Waals surface area contributed by atoms with Gasteiger partial charge in [0, 0.05) is 26.1 Å². The van der Waals surface area contributed by atoms with E-state index < -0.39 is 5.54 Å². The van der Waals surface area contributed by atoms with E-state index in [0.29, 0.717) is 19.5 Å². The summed E-state index contributed by atoms with van der Waals surface area (Å²) >= 11 is 0. The van der Waals surface area contributed by atoms with E-state index >= 15 is 0 Å². The van der Waals surface area contributed by atoms with Gasteiger partial charge in [-0.1, -0.05) is 37.1 Å². The van der Waals surface area contributed by atoms with Crippen molar-refractivity contribution in [1.29, 1.82) is 0 Å². The summed E-state index contributed by atoms with van der Waals surface area (Å²) in [5, 5.41) is 2.99. The Morgan fingerprint density at radius 1 is 1.17 bits per heavy atom. The SMILES string of the molecule is NC1(C(=O)NCc2ccccc2CN2CCCC2=O)CCCC1. The van der Waals surface area contributed by atoms with Crippen molar-refractivity contribution < 1.29 is 9.59 Å². The second-order valence-electron chi connectivity index (χ2n) is 6.73. The molecule has 2 fully saturated rings. The third-order valence-electron chi connectivity index (χ3n) is 5.04. The first-order chi connectivity index (χ1) is 11.1. The Morgan fingerprint density at radius 2 is 1.87 bits per heavy atom. The van der Waals surface area contributed by atoms with Crippen LogP contribution < -0.4 is 11.1 Å². The summed E-state index contributed by atoms with van der Waals surface area (Å²) in [5.74, 6) is 0.165. The maximum atomic E-state index is 12.3. The van der Waals surface area contributed by atoms with Crippen LogP contribution in [-0.4, -0.2) is 28.8 Å². The van der Waals surface area contributed by atoms with Crippen LogP contribution in [0.15, 0.2) is 24.3 Å². The zero-order valence-electron chi connectivity index (χ0n) is 13.5. The van der Waals surface area contributed by atoms with Crippen LogP contribution in [0.2, 0.25) is 0 Å². The van der Waals surface area contributed by atoms with Crippen LogP contribution in [0.4, 0.5) is 0 Å². The number of benzene rings is 1. The Morgan fingerprint density at radius 3 is 2.52 bits per heavy atom. The van der Waals surface area contributed by atoms with E-state index in [4.69, 9.17) is 5.73 Å². The molecule has 0 radical (unpaired) electrons. The molecular weight excluding hydrogens is 290 g/mol. The third-order valence-corrected chi connectivity index (χ3v) is 5.04. The molecule has 0 atom stereocenters. The van der Waals surface area contributed by atoms with Crippen molar-refractivity contribution in [3.05, 3.63) is 35.4 Å². The van der Waals surface area contributed by atoms with Crippen molar-refractivity contribution >= 4 is 11.8 Å². The Hall–Kier alpha value is -1.88. The maximum absolute atomic E-state index is 12.3. The lowest BCUT2D eigenvalue weighted by atomic mass is 9.98. The molecule has 1 aliphatic carbocycles. The molecule has 0 spiro atoms. The first-order valence-corrected chi connectivity index (χ1v) is 8.50. The summed E-state index contributed by atoms with van der Waals surface area (Å²) in [6, 6.07) is 7.97. The Labute approximate surface area is 137 Å². The molecule has 2 aliphatic rings. The predicted molar refractivity (Wildman–Crippen MR) is 88.3 cm³/mol. The Balaban J connectivity index is 1.63. The molecule has 1 saturated carbocycles. The van der Waals surface area contributed by atoms with Crippen LogP contribution in [0.25, 0.3) is 0 Å². The molecule has 1 aromatic carbocycles. The fourth-order valence-corrected chi connectivity index (χ4v) is 3.55. The number of carbonyl (C=O) groups is 2. The van der Waals surface area contributed by atoms with Gasteiger partial charge in [0.1, 0.15) is 0 Å². The van der Waals surface area contributed by atoms with Crippen LogP contribution in [-0.2, 0) is 22.7 Å². The Kier molecular flexibility index (Phi) is 4.66. The largest absolute Gasteiger partial charge is 0.350 e. The maximum Gasteiger partial charge on any atom is 0.240 e. The van der Waals surface area contributed by atoms with E-state index in [1.54, 1.807) is 0 Å². The molecule has 3 N–H and O–H groups in total. The zero-order valence-corrected chi connectivity index (χ0v) is 13.5. The molecule has 0 unspecified atom stereocenters. The molecule has 23 heavy (non-hydrogen) atoms. The van der Waals surface area contributed by atoms with Gasteiger partial charge in [0.2, 0.25) is 11.8 Å². The second kappa shape index (κ2) is 6.71. The lowest BCUT2D eigenvalue weighted by Gasteiger charge is -2.23. The molecule has 0 bridgehead atoms.